The van der Waals surface area contributed by atoms with E-state index in [9.17, 15) is 4.39 Å². The van der Waals surface area contributed by atoms with Crippen molar-refractivity contribution in [2.45, 2.75) is 6.92 Å². The Morgan fingerprint density at radius 1 is 1.57 bits per heavy atom. The van der Waals surface area contributed by atoms with Crippen molar-refractivity contribution in [3.05, 3.63) is 29.0 Å². The van der Waals surface area contributed by atoms with Gasteiger partial charge in [0.1, 0.15) is 11.6 Å². The van der Waals surface area contributed by atoms with Crippen LogP contribution in [0.2, 0.25) is 5.02 Å². The molecule has 0 aliphatic rings. The van der Waals surface area contributed by atoms with E-state index in [0.29, 0.717) is 18.3 Å². The lowest BCUT2D eigenvalue weighted by Gasteiger charge is -2.10. The van der Waals surface area contributed by atoms with E-state index in [1.54, 1.807) is 6.07 Å². The lowest BCUT2D eigenvalue weighted by atomic mass is 10.2. The molecule has 0 saturated carbocycles. The molecule has 0 aliphatic carbocycles. The minimum atomic E-state index is -0.429. The summed E-state index contributed by atoms with van der Waals surface area (Å²) in [6, 6.07) is 4.33. The molecule has 0 amide bonds. The molecule has 1 rings (SSSR count). The van der Waals surface area contributed by atoms with Gasteiger partial charge < -0.3 is 4.74 Å². The van der Waals surface area contributed by atoms with Gasteiger partial charge >= 0.3 is 0 Å². The van der Waals surface area contributed by atoms with Crippen LogP contribution in [0.1, 0.15) is 6.92 Å². The fourth-order valence-electron chi connectivity index (χ4n) is 0.858. The number of thiol groups is 1. The van der Waals surface area contributed by atoms with Crippen molar-refractivity contribution in [2.75, 3.05) is 12.4 Å². The van der Waals surface area contributed by atoms with Gasteiger partial charge in [-0.1, -0.05) is 18.5 Å². The van der Waals surface area contributed by atoms with Gasteiger partial charge in [-0.25, -0.2) is 4.39 Å². The van der Waals surface area contributed by atoms with Crippen molar-refractivity contribution in [2.24, 2.45) is 5.92 Å². The van der Waals surface area contributed by atoms with Crippen LogP contribution < -0.4 is 4.74 Å². The normalized spacial score (nSPS) is 12.6. The zero-order valence-electron chi connectivity index (χ0n) is 7.84. The molecule has 1 nitrogen and oxygen atoms in total. The Morgan fingerprint density at radius 2 is 2.29 bits per heavy atom. The summed E-state index contributed by atoms with van der Waals surface area (Å²) in [5.74, 6) is 1.28. The van der Waals surface area contributed by atoms with Crippen LogP contribution in [0.5, 0.6) is 5.75 Å². The third-order valence-corrected chi connectivity index (χ3v) is 2.65. The van der Waals surface area contributed by atoms with Crippen molar-refractivity contribution in [3.8, 4) is 5.75 Å². The molecule has 0 N–H and O–H groups in total. The van der Waals surface area contributed by atoms with Crippen molar-refractivity contribution in [1.29, 1.82) is 0 Å². The largest absolute Gasteiger partial charge is 0.493 e. The van der Waals surface area contributed by atoms with E-state index in [0.717, 1.165) is 5.75 Å². The second-order valence-corrected chi connectivity index (χ2v) is 3.95. The highest BCUT2D eigenvalue weighted by Gasteiger charge is 2.03. The van der Waals surface area contributed by atoms with Crippen LogP contribution in [-0.2, 0) is 0 Å². The summed E-state index contributed by atoms with van der Waals surface area (Å²) in [4.78, 5) is 0. The Bertz CT molecular complexity index is 306. The lowest BCUT2D eigenvalue weighted by molar-refractivity contribution is 0.273. The molecule has 0 bridgehead atoms. The molecule has 1 aromatic rings. The van der Waals surface area contributed by atoms with E-state index in [4.69, 9.17) is 16.3 Å². The maximum Gasteiger partial charge on any atom is 0.142 e. The first-order valence-electron chi connectivity index (χ1n) is 4.32. The van der Waals surface area contributed by atoms with Gasteiger partial charge in [-0.05, 0) is 23.8 Å². The fraction of sp³-hybridized carbons (Fsp3) is 0.400. The Labute approximate surface area is 93.6 Å². The molecule has 0 spiro atoms. The molecular formula is C10H12ClFOS. The highest BCUT2D eigenvalue weighted by Crippen LogP contribution is 2.21. The Morgan fingerprint density at radius 3 is 2.86 bits per heavy atom. The average molecular weight is 235 g/mol. The summed E-state index contributed by atoms with van der Waals surface area (Å²) in [5, 5.41) is 0.0843. The number of hydrogen-bond donors (Lipinski definition) is 1. The first kappa shape index (κ1) is 11.7. The van der Waals surface area contributed by atoms with Crippen LogP contribution in [-0.4, -0.2) is 12.4 Å². The average Bonchev–Trinajstić information content (AvgIpc) is 2.19. The van der Waals surface area contributed by atoms with Crippen LogP contribution in [0.3, 0.4) is 0 Å². The standard InChI is InChI=1S/C10H12ClFOS/c1-7(6-14)5-13-8-2-3-10(12)9(11)4-8/h2-4,7,14H,5-6H2,1H3. The minimum absolute atomic E-state index is 0.0843. The Balaban J connectivity index is 2.55. The third kappa shape index (κ3) is 3.39. The van der Waals surface area contributed by atoms with Gasteiger partial charge in [0, 0.05) is 6.07 Å². The number of hydrogen-bond acceptors (Lipinski definition) is 2. The van der Waals surface area contributed by atoms with Crippen molar-refractivity contribution in [1.82, 2.24) is 0 Å². The van der Waals surface area contributed by atoms with E-state index in [2.05, 4.69) is 12.6 Å². The second kappa shape index (κ2) is 5.47. The summed E-state index contributed by atoms with van der Waals surface area (Å²) in [5.41, 5.74) is 0. The smallest absolute Gasteiger partial charge is 0.142 e. The van der Waals surface area contributed by atoms with E-state index in [1.165, 1.54) is 12.1 Å². The van der Waals surface area contributed by atoms with Gasteiger partial charge in [0.05, 0.1) is 11.6 Å². The Hall–Kier alpha value is -0.410. The predicted molar refractivity (Wildman–Crippen MR) is 59.9 cm³/mol. The summed E-state index contributed by atoms with van der Waals surface area (Å²) >= 11 is 9.73. The number of ether oxygens (including phenoxy) is 1. The molecule has 0 aliphatic heterocycles. The highest BCUT2D eigenvalue weighted by atomic mass is 35.5. The van der Waals surface area contributed by atoms with E-state index in [1.807, 2.05) is 6.92 Å². The molecule has 78 valence electrons. The number of rotatable bonds is 4. The van der Waals surface area contributed by atoms with E-state index < -0.39 is 5.82 Å². The zero-order chi connectivity index (χ0) is 10.6. The lowest BCUT2D eigenvalue weighted by Crippen LogP contribution is -2.09. The van der Waals surface area contributed by atoms with Crippen LogP contribution in [0.25, 0.3) is 0 Å². The predicted octanol–water partition coefficient (Wildman–Crippen LogP) is 3.42. The topological polar surface area (TPSA) is 9.23 Å². The molecule has 0 aromatic heterocycles. The van der Waals surface area contributed by atoms with Crippen LogP contribution >= 0.6 is 24.2 Å². The highest BCUT2D eigenvalue weighted by molar-refractivity contribution is 7.80. The minimum Gasteiger partial charge on any atom is -0.493 e. The quantitative estimate of drug-likeness (QED) is 0.786. The van der Waals surface area contributed by atoms with Crippen molar-refractivity contribution in [3.63, 3.8) is 0 Å². The number of benzene rings is 1. The molecule has 0 heterocycles. The molecule has 1 aromatic carbocycles. The zero-order valence-corrected chi connectivity index (χ0v) is 9.49. The SMILES string of the molecule is CC(CS)COc1ccc(F)c(Cl)c1. The van der Waals surface area contributed by atoms with Crippen molar-refractivity contribution >= 4 is 24.2 Å². The second-order valence-electron chi connectivity index (χ2n) is 3.17. The van der Waals surface area contributed by atoms with Crippen molar-refractivity contribution < 1.29 is 9.13 Å². The molecule has 1 atom stereocenters. The maximum atomic E-state index is 12.8. The monoisotopic (exact) mass is 234 g/mol. The fourth-order valence-corrected chi connectivity index (χ4v) is 1.13. The first-order valence-corrected chi connectivity index (χ1v) is 5.33. The Kier molecular flexibility index (Phi) is 4.55. The van der Waals surface area contributed by atoms with Gasteiger partial charge in [0.2, 0.25) is 0 Å². The van der Waals surface area contributed by atoms with Gasteiger partial charge in [-0.2, -0.15) is 12.6 Å². The molecule has 1 unspecified atom stereocenters. The summed E-state index contributed by atoms with van der Waals surface area (Å²) in [6.07, 6.45) is 0. The van der Waals surface area contributed by atoms with Gasteiger partial charge in [-0.15, -0.1) is 0 Å². The van der Waals surface area contributed by atoms with E-state index in [-0.39, 0.29) is 5.02 Å². The molecule has 14 heavy (non-hydrogen) atoms. The van der Waals surface area contributed by atoms with Gasteiger partial charge in [0.15, 0.2) is 0 Å². The molecule has 0 saturated heterocycles. The summed E-state index contributed by atoms with van der Waals surface area (Å²) in [6.45, 7) is 2.59. The molecule has 0 fully saturated rings. The summed E-state index contributed by atoms with van der Waals surface area (Å²) < 4.78 is 18.2. The van der Waals surface area contributed by atoms with E-state index >= 15 is 0 Å². The first-order chi connectivity index (χ1) is 6.63. The van der Waals surface area contributed by atoms with Gasteiger partial charge in [0.25, 0.3) is 0 Å². The van der Waals surface area contributed by atoms with Crippen LogP contribution in [0, 0.1) is 11.7 Å². The molecular weight excluding hydrogens is 223 g/mol. The molecule has 0 radical (unpaired) electrons. The molecule has 4 heteroatoms. The number of halogens is 2. The maximum absolute atomic E-state index is 12.8. The third-order valence-electron chi connectivity index (χ3n) is 1.74. The van der Waals surface area contributed by atoms with Crippen LogP contribution in [0.4, 0.5) is 4.39 Å². The summed E-state index contributed by atoms with van der Waals surface area (Å²) in [7, 11) is 0. The van der Waals surface area contributed by atoms with Crippen LogP contribution in [0.15, 0.2) is 18.2 Å². The van der Waals surface area contributed by atoms with Gasteiger partial charge in [-0.3, -0.25) is 0 Å².